The highest BCUT2D eigenvalue weighted by molar-refractivity contribution is 6.10. The molecule has 3 rings (SSSR count). The lowest BCUT2D eigenvalue weighted by atomic mass is 10.0. The number of rotatable bonds is 4. The Morgan fingerprint density at radius 3 is 2.76 bits per heavy atom. The van der Waals surface area contributed by atoms with Gasteiger partial charge in [-0.05, 0) is 23.9 Å². The quantitative estimate of drug-likeness (QED) is 0.669. The summed E-state index contributed by atoms with van der Waals surface area (Å²) >= 11 is 0. The van der Waals surface area contributed by atoms with Crippen LogP contribution in [0.15, 0.2) is 36.4 Å². The minimum absolute atomic E-state index is 0.122. The van der Waals surface area contributed by atoms with Gasteiger partial charge in [-0.1, -0.05) is 24.3 Å². The molecule has 1 atom stereocenters. The van der Waals surface area contributed by atoms with Gasteiger partial charge in [0.25, 0.3) is 0 Å². The lowest BCUT2D eigenvalue weighted by Crippen LogP contribution is -2.21. The van der Waals surface area contributed by atoms with Crippen molar-refractivity contribution >= 4 is 22.3 Å². The van der Waals surface area contributed by atoms with Crippen molar-refractivity contribution in [2.75, 3.05) is 31.7 Å². The van der Waals surface area contributed by atoms with Crippen molar-refractivity contribution in [2.24, 2.45) is 11.7 Å². The smallest absolute Gasteiger partial charge is 0.123 e. The number of hydrogen-bond acceptors (Lipinski definition) is 3. The summed E-state index contributed by atoms with van der Waals surface area (Å²) in [5.41, 5.74) is 7.74. The molecule has 0 amide bonds. The van der Waals surface area contributed by atoms with E-state index < -0.39 is 0 Å². The summed E-state index contributed by atoms with van der Waals surface area (Å²) in [5.74, 6) is 0.720. The van der Waals surface area contributed by atoms with Gasteiger partial charge in [-0.2, -0.15) is 0 Å². The Labute approximate surface area is 125 Å². The summed E-state index contributed by atoms with van der Waals surface area (Å²) in [7, 11) is 1.76. The van der Waals surface area contributed by atoms with E-state index in [1.54, 1.807) is 7.11 Å². The van der Waals surface area contributed by atoms with Crippen LogP contribution in [0.5, 0.6) is 0 Å². The van der Waals surface area contributed by atoms with Gasteiger partial charge in [-0.25, -0.2) is 0 Å². The maximum absolute atomic E-state index is 7.73. The Morgan fingerprint density at radius 1 is 1.29 bits per heavy atom. The molecule has 0 aliphatic carbocycles. The zero-order chi connectivity index (χ0) is 14.8. The predicted octanol–water partition coefficient (Wildman–Crippen LogP) is 2.60. The van der Waals surface area contributed by atoms with Crippen molar-refractivity contribution in [1.82, 2.24) is 0 Å². The second-order valence-electron chi connectivity index (χ2n) is 5.65. The largest absolute Gasteiger partial charge is 0.384 e. The fraction of sp³-hybridized carbons (Fsp3) is 0.353. The Morgan fingerprint density at radius 2 is 2.05 bits per heavy atom. The summed E-state index contributed by atoms with van der Waals surface area (Å²) in [6.07, 6.45) is 1.16. The highest BCUT2D eigenvalue weighted by atomic mass is 16.5. The third kappa shape index (κ3) is 2.59. The molecule has 2 aromatic rings. The summed E-state index contributed by atoms with van der Waals surface area (Å²) in [6, 6.07) is 12.2. The van der Waals surface area contributed by atoms with Crippen molar-refractivity contribution in [3.63, 3.8) is 0 Å². The van der Waals surface area contributed by atoms with Gasteiger partial charge < -0.3 is 15.4 Å². The molecule has 1 saturated heterocycles. The van der Waals surface area contributed by atoms with E-state index in [0.717, 1.165) is 37.1 Å². The first kappa shape index (κ1) is 13.9. The van der Waals surface area contributed by atoms with Crippen LogP contribution in [0.25, 0.3) is 10.8 Å². The molecule has 4 nitrogen and oxygen atoms in total. The number of hydrogen-bond donors (Lipinski definition) is 2. The molecule has 21 heavy (non-hydrogen) atoms. The highest BCUT2D eigenvalue weighted by Crippen LogP contribution is 2.32. The molecule has 2 aromatic carbocycles. The lowest BCUT2D eigenvalue weighted by Gasteiger charge is -2.22. The van der Waals surface area contributed by atoms with Gasteiger partial charge in [0.05, 0.1) is 6.61 Å². The van der Waals surface area contributed by atoms with Crippen molar-refractivity contribution in [3.05, 3.63) is 42.0 Å². The maximum atomic E-state index is 7.73. The lowest BCUT2D eigenvalue weighted by molar-refractivity contribution is 0.161. The fourth-order valence-corrected chi connectivity index (χ4v) is 3.22. The number of fused-ring (bicyclic) bond motifs is 1. The van der Waals surface area contributed by atoms with Gasteiger partial charge in [0.1, 0.15) is 5.84 Å². The van der Waals surface area contributed by atoms with Gasteiger partial charge >= 0.3 is 0 Å². The Balaban J connectivity index is 2.01. The van der Waals surface area contributed by atoms with Crippen LogP contribution in [0.4, 0.5) is 5.69 Å². The molecule has 4 heteroatoms. The van der Waals surface area contributed by atoms with E-state index in [2.05, 4.69) is 17.0 Å². The molecular formula is C17H21N3O. The molecule has 0 radical (unpaired) electrons. The first-order valence-electron chi connectivity index (χ1n) is 7.30. The summed E-state index contributed by atoms with van der Waals surface area (Å²) in [5, 5.41) is 9.95. The summed E-state index contributed by atoms with van der Waals surface area (Å²) in [6.45, 7) is 2.90. The Kier molecular flexibility index (Phi) is 3.80. The number of nitrogens with two attached hydrogens (primary N) is 1. The number of methoxy groups -OCH3 is 1. The zero-order valence-electron chi connectivity index (χ0n) is 12.3. The fourth-order valence-electron chi connectivity index (χ4n) is 3.22. The number of nitrogens with one attached hydrogen (secondary N) is 1. The molecule has 1 heterocycles. The molecule has 0 saturated carbocycles. The van der Waals surface area contributed by atoms with E-state index >= 15 is 0 Å². The van der Waals surface area contributed by atoms with Crippen LogP contribution in [0.3, 0.4) is 0 Å². The van der Waals surface area contributed by atoms with Gasteiger partial charge in [0.2, 0.25) is 0 Å². The first-order chi connectivity index (χ1) is 10.2. The molecule has 3 N–H and O–H groups in total. The van der Waals surface area contributed by atoms with Crippen LogP contribution < -0.4 is 10.6 Å². The van der Waals surface area contributed by atoms with E-state index in [0.29, 0.717) is 5.92 Å². The van der Waals surface area contributed by atoms with Crippen molar-refractivity contribution in [1.29, 1.82) is 5.41 Å². The number of nitrogens with zero attached hydrogens (tertiary/aromatic N) is 1. The van der Waals surface area contributed by atoms with E-state index in [1.165, 1.54) is 11.1 Å². The van der Waals surface area contributed by atoms with E-state index in [9.17, 15) is 0 Å². The third-order valence-electron chi connectivity index (χ3n) is 4.22. The van der Waals surface area contributed by atoms with Gasteiger partial charge in [0, 0.05) is 42.8 Å². The van der Waals surface area contributed by atoms with Crippen LogP contribution >= 0.6 is 0 Å². The Bertz CT molecular complexity index is 668. The Hall–Kier alpha value is -2.07. The molecule has 1 aliphatic heterocycles. The highest BCUT2D eigenvalue weighted by Gasteiger charge is 2.24. The van der Waals surface area contributed by atoms with Gasteiger partial charge in [-0.15, -0.1) is 0 Å². The van der Waals surface area contributed by atoms with Crippen molar-refractivity contribution < 1.29 is 4.74 Å². The normalized spacial score (nSPS) is 18.3. The standard InChI is InChI=1S/C17H21N3O/c1-21-11-12-8-9-20(10-12)16-7-6-15(17(18)19)13-4-2-3-5-14(13)16/h2-7,12H,8-11H2,1H3,(H3,18,19). The van der Waals surface area contributed by atoms with Crippen LogP contribution in [-0.4, -0.2) is 32.6 Å². The van der Waals surface area contributed by atoms with E-state index in [-0.39, 0.29) is 5.84 Å². The second-order valence-corrected chi connectivity index (χ2v) is 5.65. The number of nitrogen functional groups attached to an aromatic ring is 1. The predicted molar refractivity (Wildman–Crippen MR) is 87.2 cm³/mol. The molecule has 1 fully saturated rings. The van der Waals surface area contributed by atoms with Crippen LogP contribution in [-0.2, 0) is 4.74 Å². The minimum Gasteiger partial charge on any atom is -0.384 e. The topological polar surface area (TPSA) is 62.3 Å². The SMILES string of the molecule is COCC1CCN(c2ccc(C(=N)N)c3ccccc23)C1. The average Bonchev–Trinajstić information content (AvgIpc) is 2.94. The summed E-state index contributed by atoms with van der Waals surface area (Å²) in [4.78, 5) is 2.41. The van der Waals surface area contributed by atoms with Gasteiger partial charge in [-0.3, -0.25) is 5.41 Å². The zero-order valence-corrected chi connectivity index (χ0v) is 12.3. The minimum atomic E-state index is 0.122. The van der Waals surface area contributed by atoms with Gasteiger partial charge in [0.15, 0.2) is 0 Å². The molecule has 1 unspecified atom stereocenters. The third-order valence-corrected chi connectivity index (χ3v) is 4.22. The van der Waals surface area contributed by atoms with Crippen LogP contribution in [0, 0.1) is 11.3 Å². The van der Waals surface area contributed by atoms with Crippen molar-refractivity contribution in [3.8, 4) is 0 Å². The maximum Gasteiger partial charge on any atom is 0.123 e. The number of ether oxygens (including phenoxy) is 1. The first-order valence-corrected chi connectivity index (χ1v) is 7.30. The van der Waals surface area contributed by atoms with Crippen LogP contribution in [0.2, 0.25) is 0 Å². The van der Waals surface area contributed by atoms with Crippen LogP contribution in [0.1, 0.15) is 12.0 Å². The van der Waals surface area contributed by atoms with E-state index in [4.69, 9.17) is 15.9 Å². The molecule has 110 valence electrons. The summed E-state index contributed by atoms with van der Waals surface area (Å²) < 4.78 is 5.28. The van der Waals surface area contributed by atoms with Crippen molar-refractivity contribution in [2.45, 2.75) is 6.42 Å². The molecule has 1 aliphatic rings. The molecule has 0 bridgehead atoms. The molecule has 0 aromatic heterocycles. The number of benzene rings is 2. The number of amidine groups is 1. The monoisotopic (exact) mass is 283 g/mol. The average molecular weight is 283 g/mol. The number of anilines is 1. The molecular weight excluding hydrogens is 262 g/mol. The second kappa shape index (κ2) is 5.74. The van der Waals surface area contributed by atoms with E-state index in [1.807, 2.05) is 24.3 Å². The molecule has 0 spiro atoms.